The highest BCUT2D eigenvalue weighted by Crippen LogP contribution is 2.18. The third-order valence-electron chi connectivity index (χ3n) is 2.58. The molecule has 20 heavy (non-hydrogen) atoms. The van der Waals surface area contributed by atoms with Crippen LogP contribution < -0.4 is 5.32 Å². The molecule has 0 bridgehead atoms. The minimum atomic E-state index is -0.276. The summed E-state index contributed by atoms with van der Waals surface area (Å²) in [5.74, 6) is 0.421. The zero-order chi connectivity index (χ0) is 14.8. The fourth-order valence-corrected chi connectivity index (χ4v) is 2.37. The molecule has 0 fully saturated rings. The number of esters is 1. The molecule has 0 aliphatic carbocycles. The summed E-state index contributed by atoms with van der Waals surface area (Å²) in [6.45, 7) is 4.52. The summed E-state index contributed by atoms with van der Waals surface area (Å²) in [4.78, 5) is 23.8. The molecule has 0 aromatic heterocycles. The van der Waals surface area contributed by atoms with Crippen LogP contribution in [0, 0.1) is 6.92 Å². The van der Waals surface area contributed by atoms with E-state index in [1.165, 1.54) is 5.56 Å². The van der Waals surface area contributed by atoms with Gasteiger partial charge in [0.25, 0.3) is 0 Å². The monoisotopic (exact) mass is 295 g/mol. The Morgan fingerprint density at radius 2 is 1.90 bits per heavy atom. The van der Waals surface area contributed by atoms with E-state index in [0.717, 1.165) is 10.6 Å². The van der Waals surface area contributed by atoms with E-state index in [1.54, 1.807) is 18.7 Å². The number of carbonyl (C=O) groups is 2. The zero-order valence-corrected chi connectivity index (χ0v) is 12.8. The van der Waals surface area contributed by atoms with E-state index in [0.29, 0.717) is 19.6 Å². The summed E-state index contributed by atoms with van der Waals surface area (Å²) in [7, 11) is 0. The van der Waals surface area contributed by atoms with E-state index in [2.05, 4.69) is 29.6 Å². The lowest BCUT2D eigenvalue weighted by Gasteiger charge is -2.05. The quantitative estimate of drug-likeness (QED) is 0.591. The molecule has 1 aromatic carbocycles. The average molecular weight is 295 g/mol. The van der Waals surface area contributed by atoms with Crippen molar-refractivity contribution in [3.8, 4) is 0 Å². The molecule has 1 amide bonds. The molecule has 0 atom stereocenters. The van der Waals surface area contributed by atoms with Crippen LogP contribution in [0.2, 0.25) is 0 Å². The van der Waals surface area contributed by atoms with Crippen molar-refractivity contribution in [3.63, 3.8) is 0 Å². The minimum absolute atomic E-state index is 0.0334. The van der Waals surface area contributed by atoms with E-state index in [4.69, 9.17) is 4.74 Å². The number of rotatable bonds is 8. The molecule has 0 heterocycles. The van der Waals surface area contributed by atoms with Gasteiger partial charge in [-0.3, -0.25) is 9.59 Å². The van der Waals surface area contributed by atoms with Crippen molar-refractivity contribution in [3.05, 3.63) is 29.8 Å². The number of hydrogen-bond donors (Lipinski definition) is 1. The Morgan fingerprint density at radius 3 is 2.55 bits per heavy atom. The van der Waals surface area contributed by atoms with E-state index >= 15 is 0 Å². The maximum Gasteiger partial charge on any atom is 0.307 e. The molecule has 1 rings (SSSR count). The molecular weight excluding hydrogens is 274 g/mol. The van der Waals surface area contributed by atoms with Gasteiger partial charge in [-0.15, -0.1) is 11.8 Å². The summed E-state index contributed by atoms with van der Waals surface area (Å²) in [5, 5.41) is 2.71. The normalized spacial score (nSPS) is 10.1. The molecule has 4 nitrogen and oxygen atoms in total. The van der Waals surface area contributed by atoms with Gasteiger partial charge in [-0.05, 0) is 26.0 Å². The zero-order valence-electron chi connectivity index (χ0n) is 12.0. The molecular formula is C15H21NO3S. The highest BCUT2D eigenvalue weighted by atomic mass is 32.2. The van der Waals surface area contributed by atoms with Crippen LogP contribution in [0.3, 0.4) is 0 Å². The molecule has 110 valence electrons. The Balaban J connectivity index is 2.11. The van der Waals surface area contributed by atoms with Crippen LogP contribution >= 0.6 is 11.8 Å². The Labute approximate surface area is 124 Å². The number of aryl methyl sites for hydroxylation is 1. The lowest BCUT2D eigenvalue weighted by Crippen LogP contribution is -2.26. The van der Waals surface area contributed by atoms with E-state index in [-0.39, 0.29) is 18.3 Å². The lowest BCUT2D eigenvalue weighted by molar-refractivity contribution is -0.143. The van der Waals surface area contributed by atoms with Crippen LogP contribution in [0.5, 0.6) is 0 Å². The van der Waals surface area contributed by atoms with E-state index < -0.39 is 0 Å². The standard InChI is InChI=1S/C15H21NO3S/c1-3-19-15(18)8-10-16-14(17)9-11-20-13-6-4-12(2)5-7-13/h4-7H,3,8-11H2,1-2H3,(H,16,17). The van der Waals surface area contributed by atoms with Crippen molar-refractivity contribution in [2.45, 2.75) is 31.6 Å². The molecule has 0 aliphatic heterocycles. The van der Waals surface area contributed by atoms with Gasteiger partial charge < -0.3 is 10.1 Å². The van der Waals surface area contributed by atoms with Crippen molar-refractivity contribution >= 4 is 23.6 Å². The van der Waals surface area contributed by atoms with Crippen LogP contribution in [0.1, 0.15) is 25.3 Å². The number of nitrogens with one attached hydrogen (secondary N) is 1. The van der Waals surface area contributed by atoms with Crippen LogP contribution in [-0.2, 0) is 14.3 Å². The molecule has 5 heteroatoms. The third kappa shape index (κ3) is 7.19. The van der Waals surface area contributed by atoms with Gasteiger partial charge in [-0.2, -0.15) is 0 Å². The van der Waals surface area contributed by atoms with Crippen molar-refractivity contribution < 1.29 is 14.3 Å². The Hall–Kier alpha value is -1.49. The number of ether oxygens (including phenoxy) is 1. The van der Waals surface area contributed by atoms with Crippen molar-refractivity contribution in [2.24, 2.45) is 0 Å². The van der Waals surface area contributed by atoms with Crippen molar-refractivity contribution in [2.75, 3.05) is 18.9 Å². The fourth-order valence-electron chi connectivity index (χ4n) is 1.52. The van der Waals surface area contributed by atoms with Gasteiger partial charge in [-0.25, -0.2) is 0 Å². The van der Waals surface area contributed by atoms with Crippen LogP contribution in [0.25, 0.3) is 0 Å². The molecule has 1 aromatic rings. The average Bonchev–Trinajstić information content (AvgIpc) is 2.41. The molecule has 0 unspecified atom stereocenters. The van der Waals surface area contributed by atoms with Gasteiger partial charge in [-0.1, -0.05) is 17.7 Å². The first kappa shape index (κ1) is 16.6. The molecule has 0 radical (unpaired) electrons. The summed E-state index contributed by atoms with van der Waals surface area (Å²) < 4.78 is 4.78. The van der Waals surface area contributed by atoms with Crippen molar-refractivity contribution in [1.29, 1.82) is 0 Å². The number of amides is 1. The minimum Gasteiger partial charge on any atom is -0.466 e. The van der Waals surface area contributed by atoms with Gasteiger partial charge in [0.1, 0.15) is 0 Å². The summed E-state index contributed by atoms with van der Waals surface area (Å²) in [6.07, 6.45) is 0.673. The van der Waals surface area contributed by atoms with Crippen LogP contribution in [0.4, 0.5) is 0 Å². The second kappa shape index (κ2) is 9.42. The van der Waals surface area contributed by atoms with Gasteiger partial charge >= 0.3 is 5.97 Å². The number of thioether (sulfide) groups is 1. The van der Waals surface area contributed by atoms with E-state index in [9.17, 15) is 9.59 Å². The number of hydrogen-bond acceptors (Lipinski definition) is 4. The molecule has 0 spiro atoms. The maximum atomic E-state index is 11.6. The maximum absolute atomic E-state index is 11.6. The first-order valence-corrected chi connectivity index (χ1v) is 7.72. The van der Waals surface area contributed by atoms with Gasteiger partial charge in [0.05, 0.1) is 13.0 Å². The summed E-state index contributed by atoms with van der Waals surface area (Å²) in [6, 6.07) is 8.22. The first-order valence-electron chi connectivity index (χ1n) is 6.73. The smallest absolute Gasteiger partial charge is 0.307 e. The van der Waals surface area contributed by atoms with Gasteiger partial charge in [0, 0.05) is 23.6 Å². The Kier molecular flexibility index (Phi) is 7.80. The largest absolute Gasteiger partial charge is 0.466 e. The van der Waals surface area contributed by atoms with Crippen molar-refractivity contribution in [1.82, 2.24) is 5.32 Å². The van der Waals surface area contributed by atoms with Crippen LogP contribution in [-0.4, -0.2) is 30.8 Å². The number of carbonyl (C=O) groups excluding carboxylic acids is 2. The lowest BCUT2D eigenvalue weighted by atomic mass is 10.2. The SMILES string of the molecule is CCOC(=O)CCNC(=O)CCSc1ccc(C)cc1. The second-order valence-corrected chi connectivity index (χ2v) is 5.48. The summed E-state index contributed by atoms with van der Waals surface area (Å²) in [5.41, 5.74) is 1.23. The molecule has 0 aliphatic rings. The topological polar surface area (TPSA) is 55.4 Å². The second-order valence-electron chi connectivity index (χ2n) is 4.32. The van der Waals surface area contributed by atoms with E-state index in [1.807, 2.05) is 6.92 Å². The van der Waals surface area contributed by atoms with Crippen LogP contribution in [0.15, 0.2) is 29.2 Å². The van der Waals surface area contributed by atoms with Gasteiger partial charge in [0.2, 0.25) is 5.91 Å². The Bertz CT molecular complexity index is 431. The molecule has 1 N–H and O–H groups in total. The molecule has 0 saturated carbocycles. The highest BCUT2D eigenvalue weighted by Gasteiger charge is 2.04. The summed E-state index contributed by atoms with van der Waals surface area (Å²) >= 11 is 1.65. The molecule has 0 saturated heterocycles. The Morgan fingerprint density at radius 1 is 1.20 bits per heavy atom. The predicted molar refractivity (Wildman–Crippen MR) is 80.8 cm³/mol. The third-order valence-corrected chi connectivity index (χ3v) is 3.59. The highest BCUT2D eigenvalue weighted by molar-refractivity contribution is 7.99. The van der Waals surface area contributed by atoms with Gasteiger partial charge in [0.15, 0.2) is 0 Å². The predicted octanol–water partition coefficient (Wildman–Crippen LogP) is 2.55. The first-order chi connectivity index (χ1) is 9.61. The number of benzene rings is 1. The fraction of sp³-hybridized carbons (Fsp3) is 0.467.